The molecule has 0 spiro atoms. The van der Waals surface area contributed by atoms with E-state index in [9.17, 15) is 13.2 Å². The lowest BCUT2D eigenvalue weighted by molar-refractivity contribution is -0.131. The van der Waals surface area contributed by atoms with Crippen LogP contribution in [0.15, 0.2) is 24.4 Å². The van der Waals surface area contributed by atoms with Gasteiger partial charge in [-0.25, -0.2) is 26.8 Å². The number of hydrogen-bond acceptors (Lipinski definition) is 8. The van der Waals surface area contributed by atoms with Crippen LogP contribution < -0.4 is 10.1 Å². The van der Waals surface area contributed by atoms with Crippen molar-refractivity contribution in [3.05, 3.63) is 30.2 Å². The normalized spacial score (nSPS) is 21.1. The fraction of sp³-hybridized carbons (Fsp3) is 0.500. The molecule has 5 heterocycles. The Bertz CT molecular complexity index is 1490. The third-order valence-electron chi connectivity index (χ3n) is 7.04. The zero-order valence-electron chi connectivity index (χ0n) is 20.7. The largest absolute Gasteiger partial charge is 0.479 e. The Kier molecular flexibility index (Phi) is 6.10. The minimum absolute atomic E-state index is 0.00159. The maximum absolute atomic E-state index is 15.3. The van der Waals surface area contributed by atoms with Crippen LogP contribution >= 0.6 is 0 Å². The first-order chi connectivity index (χ1) is 18.2. The predicted molar refractivity (Wildman–Crippen MR) is 130 cm³/mol. The van der Waals surface area contributed by atoms with Crippen molar-refractivity contribution in [1.82, 2.24) is 34.5 Å². The van der Waals surface area contributed by atoms with E-state index in [-0.39, 0.29) is 41.9 Å². The third kappa shape index (κ3) is 4.30. The number of halogens is 4. The maximum atomic E-state index is 15.3. The quantitative estimate of drug-likeness (QED) is 0.362. The van der Waals surface area contributed by atoms with Gasteiger partial charge in [-0.1, -0.05) is 11.3 Å². The first kappa shape index (κ1) is 24.8. The van der Waals surface area contributed by atoms with Gasteiger partial charge in [0.15, 0.2) is 5.82 Å². The van der Waals surface area contributed by atoms with Crippen LogP contribution in [0.5, 0.6) is 5.88 Å². The highest BCUT2D eigenvalue weighted by Gasteiger charge is 2.47. The van der Waals surface area contributed by atoms with E-state index in [4.69, 9.17) is 9.47 Å². The van der Waals surface area contributed by atoms with Crippen molar-refractivity contribution in [2.45, 2.75) is 44.1 Å². The van der Waals surface area contributed by atoms with E-state index in [1.165, 1.54) is 23.2 Å². The zero-order valence-corrected chi connectivity index (χ0v) is 20.7. The van der Waals surface area contributed by atoms with Gasteiger partial charge in [0.25, 0.3) is 5.92 Å². The Balaban J connectivity index is 1.33. The van der Waals surface area contributed by atoms with Crippen LogP contribution in [0.4, 0.5) is 23.5 Å². The van der Waals surface area contributed by atoms with Crippen LogP contribution in [-0.4, -0.2) is 92.1 Å². The highest BCUT2D eigenvalue weighted by molar-refractivity contribution is 5.89. The summed E-state index contributed by atoms with van der Waals surface area (Å²) in [6.07, 6.45) is 0.167. The number of hydrogen-bond donors (Lipinski definition) is 1. The lowest BCUT2D eigenvalue weighted by Gasteiger charge is -2.44. The second kappa shape index (κ2) is 9.34. The summed E-state index contributed by atoms with van der Waals surface area (Å²) in [4.78, 5) is 6.03. The van der Waals surface area contributed by atoms with Crippen molar-refractivity contribution in [3.8, 4) is 17.0 Å². The Hall–Kier alpha value is -3.52. The molecule has 2 saturated heterocycles. The van der Waals surface area contributed by atoms with Crippen molar-refractivity contribution in [2.24, 2.45) is 0 Å². The monoisotopic (exact) mass is 534 g/mol. The zero-order chi connectivity index (χ0) is 26.6. The number of fused-ring (bicyclic) bond motifs is 2. The van der Waals surface area contributed by atoms with Crippen molar-refractivity contribution < 1.29 is 27.0 Å². The van der Waals surface area contributed by atoms with Crippen LogP contribution in [0.3, 0.4) is 0 Å². The molecule has 3 aromatic heterocycles. The molecular formula is C24H26F4N8O2. The molecule has 4 aromatic rings. The van der Waals surface area contributed by atoms with E-state index in [2.05, 4.69) is 25.7 Å². The van der Waals surface area contributed by atoms with Gasteiger partial charge >= 0.3 is 0 Å². The van der Waals surface area contributed by atoms with Gasteiger partial charge in [0.1, 0.15) is 17.2 Å². The summed E-state index contributed by atoms with van der Waals surface area (Å²) in [5.74, 6) is -3.74. The number of ether oxygens (including phenoxy) is 2. The fourth-order valence-electron chi connectivity index (χ4n) is 5.04. The summed E-state index contributed by atoms with van der Waals surface area (Å²) >= 11 is 0. The average Bonchev–Trinajstić information content (AvgIpc) is 3.37. The van der Waals surface area contributed by atoms with Crippen LogP contribution in [-0.2, 0) is 11.3 Å². The number of anilines is 1. The van der Waals surface area contributed by atoms with E-state index in [1.807, 2.05) is 0 Å². The fourth-order valence-corrected chi connectivity index (χ4v) is 5.04. The molecule has 0 amide bonds. The molecule has 2 atom stereocenters. The summed E-state index contributed by atoms with van der Waals surface area (Å²) in [6, 6.07) is 3.79. The van der Waals surface area contributed by atoms with E-state index in [1.54, 1.807) is 23.1 Å². The first-order valence-corrected chi connectivity index (χ1v) is 12.3. The summed E-state index contributed by atoms with van der Waals surface area (Å²) < 4.78 is 72.1. The molecule has 0 saturated carbocycles. The number of piperidine rings is 1. The molecule has 2 fully saturated rings. The molecule has 2 aliphatic heterocycles. The summed E-state index contributed by atoms with van der Waals surface area (Å²) in [7, 11) is 1.36. The second-order valence-electron chi connectivity index (χ2n) is 9.75. The van der Waals surface area contributed by atoms with Crippen molar-refractivity contribution in [3.63, 3.8) is 0 Å². The number of benzene rings is 1. The predicted octanol–water partition coefficient (Wildman–Crippen LogP) is 3.17. The lowest BCUT2D eigenvalue weighted by Crippen LogP contribution is -2.61. The molecule has 14 heteroatoms. The molecule has 1 N–H and O–H groups in total. The van der Waals surface area contributed by atoms with Crippen molar-refractivity contribution in [2.75, 3.05) is 38.7 Å². The molecule has 0 bridgehead atoms. The summed E-state index contributed by atoms with van der Waals surface area (Å²) in [5.41, 5.74) is 1.89. The number of rotatable bonds is 7. The van der Waals surface area contributed by atoms with Gasteiger partial charge in [-0.05, 0) is 31.0 Å². The number of nitrogens with zero attached hydrogens (tertiary/aromatic N) is 7. The SMILES string of the molecule is COc1nc(N[C@@H]2CCN(C3COC3)CC2(F)F)nn2cc(F)c(-c3ccc4nnn(C[C@@H](C)F)c4c3)c12. The average molecular weight is 535 g/mol. The first-order valence-electron chi connectivity index (χ1n) is 12.3. The molecule has 0 aliphatic carbocycles. The van der Waals surface area contributed by atoms with Crippen LogP contribution in [0.25, 0.3) is 27.7 Å². The standard InChI is InChI=1S/C24H26F4N8O2/c1-13(25)8-35-18-7-14(3-4-17(18)31-33-35)20-16(26)9-36-21(20)22(37-2)30-23(32-36)29-19-5-6-34(12-24(19,27)28)15-10-38-11-15/h3-4,7,9,13,15,19H,5-6,8,10-12H2,1-2H3,(H,29,32)/t13-,19-/m1/s1. The van der Waals surface area contributed by atoms with Gasteiger partial charge < -0.3 is 14.8 Å². The molecular weight excluding hydrogens is 508 g/mol. The minimum atomic E-state index is -3.03. The van der Waals surface area contributed by atoms with Crippen molar-refractivity contribution in [1.29, 1.82) is 0 Å². The van der Waals surface area contributed by atoms with E-state index >= 15 is 4.39 Å². The Morgan fingerprint density at radius 1 is 1.29 bits per heavy atom. The topological polar surface area (TPSA) is 94.6 Å². The van der Waals surface area contributed by atoms with Crippen molar-refractivity contribution >= 4 is 22.5 Å². The lowest BCUT2D eigenvalue weighted by atomic mass is 9.98. The molecule has 6 rings (SSSR count). The molecule has 38 heavy (non-hydrogen) atoms. The van der Waals surface area contributed by atoms with Gasteiger partial charge in [-0.15, -0.1) is 10.2 Å². The van der Waals surface area contributed by atoms with Gasteiger partial charge in [-0.3, -0.25) is 4.90 Å². The van der Waals surface area contributed by atoms with Crippen LogP contribution in [0, 0.1) is 5.82 Å². The summed E-state index contributed by atoms with van der Waals surface area (Å²) in [6.45, 7) is 2.43. The van der Waals surface area contributed by atoms with Gasteiger partial charge in [0.2, 0.25) is 11.8 Å². The molecule has 0 unspecified atom stereocenters. The minimum Gasteiger partial charge on any atom is -0.479 e. The van der Waals surface area contributed by atoms with Gasteiger partial charge in [0.05, 0.1) is 62.8 Å². The Morgan fingerprint density at radius 3 is 2.79 bits per heavy atom. The Labute approximate surface area is 214 Å². The van der Waals surface area contributed by atoms with E-state index in [0.717, 1.165) is 6.20 Å². The van der Waals surface area contributed by atoms with E-state index < -0.39 is 30.5 Å². The number of nitrogens with one attached hydrogen (secondary N) is 1. The molecule has 0 radical (unpaired) electrons. The van der Waals surface area contributed by atoms with Gasteiger partial charge in [0, 0.05) is 6.54 Å². The van der Waals surface area contributed by atoms with E-state index in [0.29, 0.717) is 36.4 Å². The number of aromatic nitrogens is 6. The number of alkyl halides is 3. The van der Waals surface area contributed by atoms with Gasteiger partial charge in [-0.2, -0.15) is 4.98 Å². The highest BCUT2D eigenvalue weighted by atomic mass is 19.3. The molecule has 1 aromatic carbocycles. The third-order valence-corrected chi connectivity index (χ3v) is 7.04. The maximum Gasteiger partial charge on any atom is 0.280 e. The number of likely N-dealkylation sites (tertiary alicyclic amines) is 1. The number of methoxy groups -OCH3 is 1. The smallest absolute Gasteiger partial charge is 0.280 e. The Morgan fingerprint density at radius 2 is 2.11 bits per heavy atom. The molecule has 2 aliphatic rings. The molecule has 10 nitrogen and oxygen atoms in total. The van der Waals surface area contributed by atoms with Crippen LogP contribution in [0.1, 0.15) is 13.3 Å². The highest BCUT2D eigenvalue weighted by Crippen LogP contribution is 2.36. The molecule has 202 valence electrons. The summed E-state index contributed by atoms with van der Waals surface area (Å²) in [5, 5.41) is 15.0. The van der Waals surface area contributed by atoms with Crippen LogP contribution in [0.2, 0.25) is 0 Å². The second-order valence-corrected chi connectivity index (χ2v) is 9.75.